The molecule has 3 aromatic rings. The van der Waals surface area contributed by atoms with Crippen LogP contribution in [-0.4, -0.2) is 27.2 Å². The van der Waals surface area contributed by atoms with E-state index in [1.54, 1.807) is 6.92 Å². The van der Waals surface area contributed by atoms with Crippen molar-refractivity contribution in [2.75, 3.05) is 6.61 Å². The number of rotatable bonds is 8. The standard InChI is InChI=1S/C28H28BrN3O6S/c1-5-7-21-23(27(35)38-6-2)24(17-10-8-16(9-11-17)15(3)4)31-26(34)22(39-28(31)30-21)13-18-12-19(32(36)37)14-20(29)25(18)33/h8-15,24,33H,5-7H2,1-4H3/b22-13-/t24-/m1/s1. The van der Waals surface area contributed by atoms with Gasteiger partial charge in [-0.15, -0.1) is 0 Å². The van der Waals surface area contributed by atoms with E-state index in [2.05, 4.69) is 29.8 Å². The summed E-state index contributed by atoms with van der Waals surface area (Å²) in [7, 11) is 0. The zero-order chi connectivity index (χ0) is 28.4. The summed E-state index contributed by atoms with van der Waals surface area (Å²) < 4.78 is 7.23. The van der Waals surface area contributed by atoms with Gasteiger partial charge in [0.25, 0.3) is 11.2 Å². The number of esters is 1. The zero-order valence-electron chi connectivity index (χ0n) is 21.9. The van der Waals surface area contributed by atoms with E-state index in [9.17, 15) is 24.8 Å². The second-order valence-electron chi connectivity index (χ2n) is 9.36. The molecule has 0 bridgehead atoms. The number of halogens is 1. The number of fused-ring (bicyclic) bond motifs is 1. The maximum atomic E-state index is 13.9. The van der Waals surface area contributed by atoms with Crippen LogP contribution in [0, 0.1) is 10.1 Å². The van der Waals surface area contributed by atoms with Crippen molar-refractivity contribution in [3.05, 3.63) is 98.6 Å². The van der Waals surface area contributed by atoms with Gasteiger partial charge in [-0.2, -0.15) is 0 Å². The molecule has 2 aromatic carbocycles. The van der Waals surface area contributed by atoms with Crippen molar-refractivity contribution < 1.29 is 19.6 Å². The van der Waals surface area contributed by atoms with Crippen molar-refractivity contribution in [3.8, 4) is 5.75 Å². The molecule has 0 radical (unpaired) electrons. The highest BCUT2D eigenvalue weighted by Gasteiger charge is 2.34. The van der Waals surface area contributed by atoms with Crippen LogP contribution in [0.5, 0.6) is 5.75 Å². The minimum absolute atomic E-state index is 0.109. The fraction of sp³-hybridized carbons (Fsp3) is 0.321. The summed E-state index contributed by atoms with van der Waals surface area (Å²) in [5.41, 5.74) is 2.16. The Kier molecular flexibility index (Phi) is 8.51. The summed E-state index contributed by atoms with van der Waals surface area (Å²) in [5.74, 6) is -0.456. The molecule has 4 rings (SSSR count). The zero-order valence-corrected chi connectivity index (χ0v) is 24.3. The largest absolute Gasteiger partial charge is 0.506 e. The van der Waals surface area contributed by atoms with E-state index < -0.39 is 22.5 Å². The Balaban J connectivity index is 2.01. The van der Waals surface area contributed by atoms with Crippen LogP contribution >= 0.6 is 27.3 Å². The van der Waals surface area contributed by atoms with E-state index in [1.165, 1.54) is 22.8 Å². The monoisotopic (exact) mass is 613 g/mol. The SMILES string of the molecule is CCCC1=C(C(=O)OCC)[C@@H](c2ccc(C(C)C)cc2)n2c(s/c(=C\c3cc([N+](=O)[O-])cc(Br)c3O)c2=O)=N1. The Hall–Kier alpha value is -3.57. The molecule has 1 aliphatic rings. The smallest absolute Gasteiger partial charge is 0.338 e. The molecule has 0 fully saturated rings. The lowest BCUT2D eigenvalue weighted by Crippen LogP contribution is -2.40. The molecule has 1 aliphatic heterocycles. The normalized spacial score (nSPS) is 15.3. The van der Waals surface area contributed by atoms with Crippen molar-refractivity contribution in [2.45, 2.75) is 52.5 Å². The quantitative estimate of drug-likeness (QED) is 0.215. The van der Waals surface area contributed by atoms with Crippen LogP contribution in [0.15, 0.2) is 61.9 Å². The topological polar surface area (TPSA) is 124 Å². The number of thiazole rings is 1. The molecule has 11 heteroatoms. The van der Waals surface area contributed by atoms with Crippen molar-refractivity contribution in [1.29, 1.82) is 0 Å². The predicted molar refractivity (Wildman–Crippen MR) is 153 cm³/mol. The highest BCUT2D eigenvalue weighted by molar-refractivity contribution is 9.10. The van der Waals surface area contributed by atoms with Crippen molar-refractivity contribution >= 4 is 45.0 Å². The van der Waals surface area contributed by atoms with Crippen LogP contribution in [-0.2, 0) is 9.53 Å². The predicted octanol–water partition coefficient (Wildman–Crippen LogP) is 5.08. The van der Waals surface area contributed by atoms with Gasteiger partial charge in [0.1, 0.15) is 5.75 Å². The van der Waals surface area contributed by atoms with Crippen molar-refractivity contribution in [3.63, 3.8) is 0 Å². The molecule has 2 heterocycles. The van der Waals surface area contributed by atoms with Gasteiger partial charge in [-0.3, -0.25) is 19.5 Å². The second-order valence-corrected chi connectivity index (χ2v) is 11.2. The number of aromatic nitrogens is 1. The van der Waals surface area contributed by atoms with Gasteiger partial charge in [-0.25, -0.2) is 9.79 Å². The van der Waals surface area contributed by atoms with E-state index in [1.807, 2.05) is 31.2 Å². The molecule has 39 heavy (non-hydrogen) atoms. The number of ether oxygens (including phenoxy) is 1. The molecule has 0 aliphatic carbocycles. The number of carbonyl (C=O) groups excluding carboxylic acids is 1. The number of hydrogen-bond donors (Lipinski definition) is 1. The number of phenolic OH excluding ortho intramolecular Hbond substituents is 1. The molecule has 1 N–H and O–H groups in total. The Bertz CT molecular complexity index is 1650. The van der Waals surface area contributed by atoms with E-state index in [4.69, 9.17) is 9.73 Å². The number of hydrogen-bond acceptors (Lipinski definition) is 8. The van der Waals surface area contributed by atoms with Crippen LogP contribution in [0.1, 0.15) is 69.2 Å². The Labute approximate surface area is 237 Å². The van der Waals surface area contributed by atoms with Crippen LogP contribution in [0.2, 0.25) is 0 Å². The molecule has 0 saturated heterocycles. The van der Waals surface area contributed by atoms with Gasteiger partial charge in [0.2, 0.25) is 0 Å². The summed E-state index contributed by atoms with van der Waals surface area (Å²) in [6, 6.07) is 9.41. The molecular weight excluding hydrogens is 586 g/mol. The number of phenols is 1. The Morgan fingerprint density at radius 2 is 1.97 bits per heavy atom. The summed E-state index contributed by atoms with van der Waals surface area (Å²) >= 11 is 4.24. The number of non-ortho nitro benzene ring substituents is 1. The molecule has 0 unspecified atom stereocenters. The molecule has 204 valence electrons. The Morgan fingerprint density at radius 1 is 1.28 bits per heavy atom. The van der Waals surface area contributed by atoms with E-state index in [0.29, 0.717) is 28.4 Å². The maximum absolute atomic E-state index is 13.9. The highest BCUT2D eigenvalue weighted by atomic mass is 79.9. The maximum Gasteiger partial charge on any atom is 0.338 e. The Morgan fingerprint density at radius 3 is 2.56 bits per heavy atom. The van der Waals surface area contributed by atoms with Gasteiger partial charge in [0, 0.05) is 17.7 Å². The van der Waals surface area contributed by atoms with Crippen LogP contribution in [0.25, 0.3) is 6.08 Å². The number of nitrogens with zero attached hydrogens (tertiary/aromatic N) is 3. The number of allylic oxidation sites excluding steroid dienone is 1. The lowest BCUT2D eigenvalue weighted by molar-refractivity contribution is -0.385. The highest BCUT2D eigenvalue weighted by Crippen LogP contribution is 2.34. The van der Waals surface area contributed by atoms with E-state index >= 15 is 0 Å². The number of aromatic hydroxyl groups is 1. The van der Waals surface area contributed by atoms with Gasteiger partial charge in [-0.05, 0) is 52.4 Å². The van der Waals surface area contributed by atoms with Crippen LogP contribution in [0.3, 0.4) is 0 Å². The summed E-state index contributed by atoms with van der Waals surface area (Å²) in [5, 5.41) is 21.9. The molecule has 0 spiro atoms. The first-order chi connectivity index (χ1) is 18.6. The third-order valence-corrected chi connectivity index (χ3v) is 7.97. The van der Waals surface area contributed by atoms with Crippen molar-refractivity contribution in [1.82, 2.24) is 4.57 Å². The number of carbonyl (C=O) groups is 1. The lowest BCUT2D eigenvalue weighted by Gasteiger charge is -2.26. The minimum Gasteiger partial charge on any atom is -0.506 e. The molecule has 1 aromatic heterocycles. The summed E-state index contributed by atoms with van der Waals surface area (Å²) in [4.78, 5) is 43.0. The van der Waals surface area contributed by atoms with Crippen molar-refractivity contribution in [2.24, 2.45) is 4.99 Å². The fourth-order valence-corrected chi connectivity index (χ4v) is 5.94. The second kappa shape index (κ2) is 11.7. The lowest BCUT2D eigenvalue weighted by atomic mass is 9.92. The van der Waals surface area contributed by atoms with E-state index in [-0.39, 0.29) is 32.6 Å². The van der Waals surface area contributed by atoms with Gasteiger partial charge in [0.15, 0.2) is 4.80 Å². The number of nitro benzene ring substituents is 1. The van der Waals surface area contributed by atoms with E-state index in [0.717, 1.165) is 28.9 Å². The first-order valence-corrected chi connectivity index (χ1v) is 14.2. The van der Waals surface area contributed by atoms with Gasteiger partial charge in [0.05, 0.1) is 37.8 Å². The van der Waals surface area contributed by atoms with Crippen LogP contribution in [0.4, 0.5) is 5.69 Å². The third kappa shape index (κ3) is 5.60. The molecule has 0 amide bonds. The molecule has 0 saturated carbocycles. The number of nitro groups is 1. The first kappa shape index (κ1) is 28.4. The summed E-state index contributed by atoms with van der Waals surface area (Å²) in [6.45, 7) is 8.05. The van der Waals surface area contributed by atoms with Gasteiger partial charge < -0.3 is 9.84 Å². The van der Waals surface area contributed by atoms with Crippen LogP contribution < -0.4 is 14.9 Å². The minimum atomic E-state index is -0.768. The molecule has 1 atom stereocenters. The molecular formula is C28H28BrN3O6S. The first-order valence-electron chi connectivity index (χ1n) is 12.6. The number of benzene rings is 2. The molecule has 9 nitrogen and oxygen atoms in total. The third-order valence-electron chi connectivity index (χ3n) is 6.39. The summed E-state index contributed by atoms with van der Waals surface area (Å²) in [6.07, 6.45) is 2.65. The van der Waals surface area contributed by atoms with Gasteiger partial charge in [-0.1, -0.05) is 62.8 Å². The average molecular weight is 615 g/mol. The average Bonchev–Trinajstić information content (AvgIpc) is 3.20. The fourth-order valence-electron chi connectivity index (χ4n) is 4.46. The van der Waals surface area contributed by atoms with Gasteiger partial charge >= 0.3 is 5.97 Å².